The van der Waals surface area contributed by atoms with E-state index in [9.17, 15) is 22.8 Å². The van der Waals surface area contributed by atoms with Crippen LogP contribution in [0.1, 0.15) is 85.0 Å². The molecular weight excluding hydrogens is 493 g/mol. The summed E-state index contributed by atoms with van der Waals surface area (Å²) < 4.78 is 47.2. The molecule has 0 radical (unpaired) electrons. The number of rotatable bonds is 15. The number of hydrogen-bond acceptors (Lipinski definition) is 6. The molecule has 204 valence electrons. The second-order valence-electron chi connectivity index (χ2n) is 8.65. The lowest BCUT2D eigenvalue weighted by molar-refractivity contribution is -0.274. The van der Waals surface area contributed by atoms with Crippen LogP contribution in [0.5, 0.6) is 5.75 Å². The molecule has 1 unspecified atom stereocenters. The van der Waals surface area contributed by atoms with Crippen LogP contribution in [0.4, 0.5) is 18.9 Å². The van der Waals surface area contributed by atoms with Crippen molar-refractivity contribution in [1.29, 1.82) is 0 Å². The minimum absolute atomic E-state index is 0.0627. The Morgan fingerprint density at radius 1 is 0.944 bits per heavy atom. The third-order valence-electron chi connectivity index (χ3n) is 5.65. The highest BCUT2D eigenvalue weighted by Crippen LogP contribution is 2.37. The second kappa shape index (κ2) is 16.6. The SMILES string of the molecule is CCCCCCCCCCCCSC(=N[N+](C)(C(C)=O)c1ccccc1OC(F)(F)F)C(=O)OCC. The van der Waals surface area contributed by atoms with Gasteiger partial charge in [-0.3, -0.25) is 0 Å². The first-order valence-electron chi connectivity index (χ1n) is 12.7. The number of quaternary nitrogens is 1. The van der Waals surface area contributed by atoms with E-state index in [1.807, 2.05) is 0 Å². The first-order chi connectivity index (χ1) is 17.0. The fourth-order valence-electron chi connectivity index (χ4n) is 3.58. The van der Waals surface area contributed by atoms with Crippen LogP contribution >= 0.6 is 11.8 Å². The maximum atomic E-state index is 13.0. The van der Waals surface area contributed by atoms with Gasteiger partial charge in [-0.2, -0.15) is 0 Å². The van der Waals surface area contributed by atoms with Gasteiger partial charge in [-0.1, -0.05) is 93.7 Å². The molecule has 0 N–H and O–H groups in total. The summed E-state index contributed by atoms with van der Waals surface area (Å²) in [6, 6.07) is 5.28. The van der Waals surface area contributed by atoms with Gasteiger partial charge in [-0.25, -0.2) is 9.59 Å². The Bertz CT molecular complexity index is 849. The quantitative estimate of drug-likeness (QED) is 0.0580. The van der Waals surface area contributed by atoms with Crippen molar-refractivity contribution < 1.29 is 32.2 Å². The van der Waals surface area contributed by atoms with Crippen LogP contribution < -0.4 is 9.33 Å². The van der Waals surface area contributed by atoms with Gasteiger partial charge < -0.3 is 9.47 Å². The average Bonchev–Trinajstić information content (AvgIpc) is 2.81. The highest BCUT2D eigenvalue weighted by Gasteiger charge is 2.41. The number of esters is 1. The van der Waals surface area contributed by atoms with E-state index in [1.54, 1.807) is 6.92 Å². The Morgan fingerprint density at radius 3 is 2.03 bits per heavy atom. The van der Waals surface area contributed by atoms with E-state index in [0.29, 0.717) is 5.75 Å². The number of nitrogens with zero attached hydrogens (tertiary/aromatic N) is 2. The molecular formula is C26H40F3N2O4S+. The number of carbonyl (C=O) groups excluding carboxylic acids is 2. The zero-order chi connectivity index (χ0) is 27.0. The van der Waals surface area contributed by atoms with Crippen molar-refractivity contribution in [2.45, 2.75) is 91.3 Å². The van der Waals surface area contributed by atoms with E-state index in [4.69, 9.17) is 4.74 Å². The van der Waals surface area contributed by atoms with Crippen molar-refractivity contribution in [2.24, 2.45) is 5.10 Å². The third-order valence-corrected chi connectivity index (χ3v) is 6.67. The molecule has 1 amide bonds. The van der Waals surface area contributed by atoms with Gasteiger partial charge in [-0.15, -0.1) is 17.8 Å². The summed E-state index contributed by atoms with van der Waals surface area (Å²) in [5.74, 6) is -1.29. The van der Waals surface area contributed by atoms with Gasteiger partial charge in [0.25, 0.3) is 0 Å². The maximum Gasteiger partial charge on any atom is 0.573 e. The zero-order valence-electron chi connectivity index (χ0n) is 21.9. The molecule has 0 aliphatic carbocycles. The Kier molecular flexibility index (Phi) is 14.8. The average molecular weight is 534 g/mol. The zero-order valence-corrected chi connectivity index (χ0v) is 22.7. The van der Waals surface area contributed by atoms with Crippen LogP contribution in [-0.2, 0) is 14.3 Å². The van der Waals surface area contributed by atoms with E-state index in [-0.39, 0.29) is 17.3 Å². The van der Waals surface area contributed by atoms with Gasteiger partial charge in [0.2, 0.25) is 10.7 Å². The monoisotopic (exact) mass is 533 g/mol. The number of ether oxygens (including phenoxy) is 2. The number of carbonyl (C=O) groups is 2. The van der Waals surface area contributed by atoms with Crippen LogP contribution in [0.2, 0.25) is 0 Å². The van der Waals surface area contributed by atoms with Crippen molar-refractivity contribution in [3.8, 4) is 5.75 Å². The Labute approximate surface area is 217 Å². The van der Waals surface area contributed by atoms with Crippen molar-refractivity contribution in [3.63, 3.8) is 0 Å². The molecule has 0 spiro atoms. The molecule has 10 heteroatoms. The van der Waals surface area contributed by atoms with Crippen LogP contribution in [0, 0.1) is 0 Å². The molecule has 0 aromatic heterocycles. The molecule has 6 nitrogen and oxygen atoms in total. The van der Waals surface area contributed by atoms with Gasteiger partial charge in [0.1, 0.15) is 7.05 Å². The molecule has 0 saturated heterocycles. The summed E-state index contributed by atoms with van der Waals surface area (Å²) in [5.41, 5.74) is -0.135. The standard InChI is InChI=1S/C26H40F3N2O4S/c1-5-7-8-9-10-11-12-13-14-17-20-36-24(25(33)34-6-2)30-31(4,21(3)32)22-18-15-16-19-23(22)35-26(27,28)29/h15-16,18-19H,5-14,17,20H2,1-4H3/q+1. The van der Waals surface area contributed by atoms with E-state index in [0.717, 1.165) is 37.1 Å². The fourth-order valence-corrected chi connectivity index (χ4v) is 4.52. The van der Waals surface area contributed by atoms with Gasteiger partial charge in [0, 0.05) is 6.07 Å². The minimum atomic E-state index is -4.95. The lowest BCUT2D eigenvalue weighted by Crippen LogP contribution is -2.46. The molecule has 1 aromatic carbocycles. The number of unbranched alkanes of at least 4 members (excludes halogenated alkanes) is 9. The van der Waals surface area contributed by atoms with Crippen LogP contribution in [-0.4, -0.2) is 42.7 Å². The van der Waals surface area contributed by atoms with E-state index in [1.165, 1.54) is 77.1 Å². The van der Waals surface area contributed by atoms with Crippen LogP contribution in [0.25, 0.3) is 0 Å². The topological polar surface area (TPSA) is 65.0 Å². The number of benzene rings is 1. The predicted octanol–water partition coefficient (Wildman–Crippen LogP) is 7.60. The largest absolute Gasteiger partial charge is 0.573 e. The first kappa shape index (κ1) is 32.0. The van der Waals surface area contributed by atoms with Gasteiger partial charge in [0.05, 0.1) is 13.5 Å². The normalized spacial score (nSPS) is 13.8. The number of para-hydroxylation sites is 2. The summed E-state index contributed by atoms with van der Waals surface area (Å²) in [6.07, 6.45) is 6.77. The molecule has 0 fully saturated rings. The summed E-state index contributed by atoms with van der Waals surface area (Å²) in [6.45, 7) is 5.16. The highest BCUT2D eigenvalue weighted by molar-refractivity contribution is 8.15. The van der Waals surface area contributed by atoms with Crippen molar-refractivity contribution >= 4 is 34.4 Å². The summed E-state index contributed by atoms with van der Waals surface area (Å²) in [5, 5.41) is 4.25. The Hall–Kier alpha value is -2.07. The number of thioether (sulfide) groups is 1. The lowest BCUT2D eigenvalue weighted by atomic mass is 10.1. The molecule has 0 aliphatic heterocycles. The number of hydrogen-bond donors (Lipinski definition) is 0. The van der Waals surface area contributed by atoms with Crippen molar-refractivity contribution in [3.05, 3.63) is 24.3 Å². The number of alkyl halides is 3. The maximum absolute atomic E-state index is 13.0. The Morgan fingerprint density at radius 2 is 1.50 bits per heavy atom. The summed E-state index contributed by atoms with van der Waals surface area (Å²) in [4.78, 5) is 25.2. The summed E-state index contributed by atoms with van der Waals surface area (Å²) in [7, 11) is 1.32. The smallest absolute Gasteiger partial charge is 0.461 e. The molecule has 1 aromatic rings. The van der Waals surface area contributed by atoms with Gasteiger partial charge >= 0.3 is 18.2 Å². The second-order valence-corrected chi connectivity index (χ2v) is 9.73. The molecule has 0 heterocycles. The van der Waals surface area contributed by atoms with Crippen LogP contribution in [0.15, 0.2) is 29.4 Å². The fraction of sp³-hybridized carbons (Fsp3) is 0.654. The van der Waals surface area contributed by atoms with E-state index < -0.39 is 28.6 Å². The predicted molar refractivity (Wildman–Crippen MR) is 140 cm³/mol. The lowest BCUT2D eigenvalue weighted by Gasteiger charge is -2.25. The molecule has 36 heavy (non-hydrogen) atoms. The Balaban J connectivity index is 2.90. The molecule has 0 saturated carbocycles. The minimum Gasteiger partial charge on any atom is -0.461 e. The number of halogens is 3. The van der Waals surface area contributed by atoms with Crippen LogP contribution in [0.3, 0.4) is 0 Å². The van der Waals surface area contributed by atoms with Gasteiger partial charge in [-0.05, 0) is 25.2 Å². The van der Waals surface area contributed by atoms with Crippen molar-refractivity contribution in [1.82, 2.24) is 4.59 Å². The molecule has 1 rings (SSSR count). The summed E-state index contributed by atoms with van der Waals surface area (Å²) >= 11 is 1.15. The molecule has 0 bridgehead atoms. The van der Waals surface area contributed by atoms with Crippen molar-refractivity contribution in [2.75, 3.05) is 19.4 Å². The number of amides is 1. The van der Waals surface area contributed by atoms with E-state index in [2.05, 4.69) is 16.8 Å². The first-order valence-corrected chi connectivity index (χ1v) is 13.7. The third kappa shape index (κ3) is 11.8. The molecule has 1 atom stereocenters. The highest BCUT2D eigenvalue weighted by atomic mass is 32.2. The molecule has 0 aliphatic rings. The van der Waals surface area contributed by atoms with E-state index >= 15 is 0 Å². The van der Waals surface area contributed by atoms with Gasteiger partial charge in [0.15, 0.2) is 5.75 Å².